The molecule has 4 bridgehead atoms. The second-order valence-electron chi connectivity index (χ2n) is 10.0. The summed E-state index contributed by atoms with van der Waals surface area (Å²) >= 11 is 0. The van der Waals surface area contributed by atoms with E-state index in [-0.39, 0.29) is 76.1 Å². The molecule has 0 saturated heterocycles. The summed E-state index contributed by atoms with van der Waals surface area (Å²) in [4.78, 5) is 15.9. The van der Waals surface area contributed by atoms with E-state index in [4.69, 9.17) is 18.9 Å². The number of fused-ring (bicyclic) bond motifs is 5. The molecule has 264 valence electrons. The molecule has 2 aromatic heterocycles. The van der Waals surface area contributed by atoms with E-state index in [0.29, 0.717) is 51.5 Å². The molecule has 48 heavy (non-hydrogen) atoms. The van der Waals surface area contributed by atoms with E-state index >= 15 is 0 Å². The summed E-state index contributed by atoms with van der Waals surface area (Å²) in [6.07, 6.45) is 5.66. The molecular weight excluding hydrogens is 849 g/mol. The van der Waals surface area contributed by atoms with Crippen molar-refractivity contribution in [2.24, 2.45) is 5.92 Å². The molecule has 3 heterocycles. The van der Waals surface area contributed by atoms with Gasteiger partial charge in [-0.25, -0.2) is 4.98 Å². The molecular formula is C38H59N4O4WY. The summed E-state index contributed by atoms with van der Waals surface area (Å²) in [7, 11) is 0. The van der Waals surface area contributed by atoms with Crippen LogP contribution in [0.4, 0.5) is 0 Å². The van der Waals surface area contributed by atoms with Gasteiger partial charge in [-0.15, -0.1) is 0 Å². The van der Waals surface area contributed by atoms with Crippen molar-refractivity contribution in [3.8, 4) is 45.1 Å². The second-order valence-corrected chi connectivity index (χ2v) is 10.0. The van der Waals surface area contributed by atoms with Gasteiger partial charge in [-0.3, -0.25) is 4.98 Å². The van der Waals surface area contributed by atoms with E-state index in [1.165, 1.54) is 0 Å². The summed E-state index contributed by atoms with van der Waals surface area (Å²) in [5, 5.41) is 0. The monoisotopic (exact) mass is 908 g/mol. The molecule has 1 atom stereocenters. The standard InChI is InChI=1S/C31H37N4O4.2C2H6.CH4.2CH3.W.Y/c1-5-30-32-18-26(34-30)24-8-6-22-16-28(24)38-14-12-36-10-11-37-13-15-39-29-17-23(22)7-9-25(29)27-19-33-31(35-27)21(4)20(2)3;2*1-2;;;;;/h5-9,16-21H,10-15H2,1-4H3,(H,32,34)(H,33,35);2*1-2H3;1H4;2*1H3;;/q-1;;;;2*-1;;+3/t21-;;;;;;;/m1......./s1. The van der Waals surface area contributed by atoms with E-state index in [2.05, 4.69) is 77.1 Å². The molecule has 2 aromatic carbocycles. The van der Waals surface area contributed by atoms with Crippen LogP contribution in [0.15, 0.2) is 48.8 Å². The van der Waals surface area contributed by atoms with Crippen molar-refractivity contribution >= 4 is 0 Å². The van der Waals surface area contributed by atoms with Crippen molar-refractivity contribution in [2.45, 2.75) is 68.7 Å². The van der Waals surface area contributed by atoms with Gasteiger partial charge in [0.2, 0.25) is 0 Å². The maximum atomic E-state index is 6.27. The van der Waals surface area contributed by atoms with Gasteiger partial charge in [0.05, 0.1) is 44.0 Å². The number of H-pyrrole nitrogens is 2. The number of nitrogens with one attached hydrogen (secondary N) is 2. The number of hydrogen-bond donors (Lipinski definition) is 2. The average molecular weight is 909 g/mol. The van der Waals surface area contributed by atoms with Gasteiger partial charge >= 0.3 is 32.7 Å². The Morgan fingerprint density at radius 1 is 0.688 bits per heavy atom. The number of imidazole rings is 2. The first-order valence-corrected chi connectivity index (χ1v) is 15.6. The zero-order valence-corrected chi connectivity index (χ0v) is 35.9. The number of aromatic amines is 2. The molecule has 1 aliphatic heterocycles. The van der Waals surface area contributed by atoms with Crippen molar-refractivity contribution in [1.29, 1.82) is 0 Å². The van der Waals surface area contributed by atoms with Crippen molar-refractivity contribution in [2.75, 3.05) is 39.6 Å². The minimum atomic E-state index is 0. The van der Waals surface area contributed by atoms with Gasteiger partial charge < -0.3 is 50.2 Å². The fourth-order valence-corrected chi connectivity index (χ4v) is 4.47. The van der Waals surface area contributed by atoms with Gasteiger partial charge in [0.1, 0.15) is 30.5 Å². The number of benzene rings is 2. The molecule has 0 unspecified atom stereocenters. The SMILES string of the molecule is C.CC.CC.C[CH-]c1ncc(-c2ccc3cc2OCCOCCOCCOc2cc-3ccc2-c2cnc([C@H](C)C(C)C)[nH]2)[nH]1.[CH3-].[CH3-].[W].[Y+3]. The Hall–Kier alpha value is -1.96. The van der Waals surface area contributed by atoms with E-state index in [0.717, 1.165) is 56.8 Å². The van der Waals surface area contributed by atoms with Gasteiger partial charge in [-0.05, 0) is 47.1 Å². The molecule has 5 rings (SSSR count). The van der Waals surface area contributed by atoms with Crippen molar-refractivity contribution in [1.82, 2.24) is 19.9 Å². The molecule has 0 saturated carbocycles. The van der Waals surface area contributed by atoms with Crippen LogP contribution in [0.5, 0.6) is 11.5 Å². The van der Waals surface area contributed by atoms with Crippen LogP contribution in [-0.4, -0.2) is 59.6 Å². The topological polar surface area (TPSA) is 94.3 Å². The van der Waals surface area contributed by atoms with Crippen LogP contribution in [0.3, 0.4) is 0 Å². The predicted octanol–water partition coefficient (Wildman–Crippen LogP) is 9.85. The molecule has 4 aromatic rings. The van der Waals surface area contributed by atoms with Crippen LogP contribution in [-0.2, 0) is 63.2 Å². The normalized spacial score (nSPS) is 12.8. The third-order valence-electron chi connectivity index (χ3n) is 7.12. The first kappa shape index (κ1) is 50.4. The second kappa shape index (κ2) is 26.9. The van der Waals surface area contributed by atoms with Gasteiger partial charge in [-0.2, -0.15) is 6.92 Å². The maximum absolute atomic E-state index is 6.27. The first-order valence-electron chi connectivity index (χ1n) is 15.6. The van der Waals surface area contributed by atoms with Crippen LogP contribution in [0.25, 0.3) is 33.6 Å². The summed E-state index contributed by atoms with van der Waals surface area (Å²) in [6.45, 7) is 19.4. The number of aromatic nitrogens is 4. The molecule has 2 N–H and O–H groups in total. The van der Waals surface area contributed by atoms with Crippen molar-refractivity contribution in [3.05, 3.63) is 81.7 Å². The van der Waals surface area contributed by atoms with Crippen LogP contribution in [0, 0.1) is 27.2 Å². The van der Waals surface area contributed by atoms with Gasteiger partial charge in [0.25, 0.3) is 0 Å². The molecule has 0 spiro atoms. The van der Waals surface area contributed by atoms with Gasteiger partial charge in [-0.1, -0.05) is 68.0 Å². The zero-order chi connectivity index (χ0) is 31.2. The minimum Gasteiger partial charge on any atom is -0.490 e. The Kier molecular flexibility index (Phi) is 28.2. The minimum absolute atomic E-state index is 0. The fourth-order valence-electron chi connectivity index (χ4n) is 4.47. The average Bonchev–Trinajstić information content (AvgIpc) is 3.73. The smallest absolute Gasteiger partial charge is 0.490 e. The Balaban J connectivity index is -0.00000217. The number of ether oxygens (including phenoxy) is 4. The number of hydrogen-bond acceptors (Lipinski definition) is 6. The van der Waals surface area contributed by atoms with Crippen molar-refractivity contribution in [3.63, 3.8) is 0 Å². The molecule has 10 heteroatoms. The Morgan fingerprint density at radius 2 is 1.12 bits per heavy atom. The summed E-state index contributed by atoms with van der Waals surface area (Å²) in [5.41, 5.74) is 5.79. The van der Waals surface area contributed by atoms with Crippen LogP contribution in [0.2, 0.25) is 0 Å². The van der Waals surface area contributed by atoms with E-state index in [9.17, 15) is 0 Å². The van der Waals surface area contributed by atoms with Crippen molar-refractivity contribution < 1.29 is 72.7 Å². The van der Waals surface area contributed by atoms with E-state index < -0.39 is 0 Å². The predicted molar refractivity (Wildman–Crippen MR) is 194 cm³/mol. The quantitative estimate of drug-likeness (QED) is 0.194. The van der Waals surface area contributed by atoms with Crippen LogP contribution in [0.1, 0.15) is 80.4 Å². The Morgan fingerprint density at radius 3 is 1.56 bits per heavy atom. The largest absolute Gasteiger partial charge is 3.00 e. The molecule has 0 fully saturated rings. The van der Waals surface area contributed by atoms with E-state index in [1.54, 1.807) is 0 Å². The van der Waals surface area contributed by atoms with Gasteiger partial charge in [0.15, 0.2) is 0 Å². The van der Waals surface area contributed by atoms with E-state index in [1.807, 2.05) is 53.4 Å². The Labute approximate surface area is 331 Å². The third kappa shape index (κ3) is 13.7. The molecule has 1 aliphatic rings. The zero-order valence-electron chi connectivity index (χ0n) is 30.1. The Bertz CT molecular complexity index is 1390. The molecule has 0 amide bonds. The number of rotatable bonds is 5. The van der Waals surface area contributed by atoms with Gasteiger partial charge in [0, 0.05) is 44.3 Å². The maximum Gasteiger partial charge on any atom is 3.00 e. The molecule has 8 nitrogen and oxygen atoms in total. The molecule has 0 aliphatic carbocycles. The first-order chi connectivity index (χ1) is 21.0. The summed E-state index contributed by atoms with van der Waals surface area (Å²) in [6, 6.07) is 12.5. The summed E-state index contributed by atoms with van der Waals surface area (Å²) < 4.78 is 23.9. The fraction of sp³-hybridized carbons (Fsp3) is 0.447. The van der Waals surface area contributed by atoms with Crippen LogP contribution >= 0.6 is 0 Å². The number of nitrogens with zero attached hydrogens (tertiary/aromatic N) is 2. The van der Waals surface area contributed by atoms with Crippen LogP contribution < -0.4 is 9.47 Å². The third-order valence-corrected chi connectivity index (χ3v) is 7.12. The summed E-state index contributed by atoms with van der Waals surface area (Å²) in [5.74, 6) is 4.15. The molecule has 0 radical (unpaired) electrons.